The van der Waals surface area contributed by atoms with Gasteiger partial charge in [0.1, 0.15) is 5.75 Å². The van der Waals surface area contributed by atoms with Crippen molar-refractivity contribution in [1.82, 2.24) is 4.90 Å². The summed E-state index contributed by atoms with van der Waals surface area (Å²) in [5.74, 6) is 0.999. The number of nitrogens with zero attached hydrogens (tertiary/aromatic N) is 1. The van der Waals surface area contributed by atoms with E-state index in [4.69, 9.17) is 9.47 Å². The SMILES string of the molecule is CC(C)Oc1ccccc1NCCC(=O)N1CCOCC1. The third-order valence-electron chi connectivity index (χ3n) is 3.27. The molecule has 0 bridgehead atoms. The number of carbonyl (C=O) groups is 1. The van der Waals surface area contributed by atoms with E-state index in [2.05, 4.69) is 5.32 Å². The highest BCUT2D eigenvalue weighted by molar-refractivity contribution is 5.77. The van der Waals surface area contributed by atoms with Gasteiger partial charge in [0, 0.05) is 26.1 Å². The summed E-state index contributed by atoms with van der Waals surface area (Å²) in [6.45, 7) is 7.29. The number of hydrogen-bond acceptors (Lipinski definition) is 4. The molecule has 0 unspecified atom stereocenters. The number of hydrogen-bond donors (Lipinski definition) is 1. The number of rotatable bonds is 6. The summed E-state index contributed by atoms with van der Waals surface area (Å²) in [5.41, 5.74) is 0.931. The van der Waals surface area contributed by atoms with Gasteiger partial charge in [0.15, 0.2) is 0 Å². The highest BCUT2D eigenvalue weighted by Gasteiger charge is 2.16. The molecule has 5 heteroatoms. The maximum absolute atomic E-state index is 12.1. The molecule has 0 aromatic heterocycles. The molecule has 1 aromatic rings. The van der Waals surface area contributed by atoms with E-state index < -0.39 is 0 Å². The maximum atomic E-state index is 12.1. The van der Waals surface area contributed by atoms with E-state index in [1.807, 2.05) is 43.0 Å². The topological polar surface area (TPSA) is 50.8 Å². The predicted molar refractivity (Wildman–Crippen MR) is 82.7 cm³/mol. The van der Waals surface area contributed by atoms with E-state index >= 15 is 0 Å². The molecule has 1 aliphatic rings. The molecule has 2 rings (SSSR count). The van der Waals surface area contributed by atoms with Crippen molar-refractivity contribution < 1.29 is 14.3 Å². The average Bonchev–Trinajstić information content (AvgIpc) is 2.49. The Bertz CT molecular complexity index is 457. The summed E-state index contributed by atoms with van der Waals surface area (Å²) in [6.07, 6.45) is 0.610. The monoisotopic (exact) mass is 292 g/mol. The van der Waals surface area contributed by atoms with Crippen molar-refractivity contribution >= 4 is 11.6 Å². The van der Waals surface area contributed by atoms with Gasteiger partial charge < -0.3 is 19.7 Å². The van der Waals surface area contributed by atoms with Crippen LogP contribution in [0.2, 0.25) is 0 Å². The minimum atomic E-state index is 0.128. The molecule has 1 N–H and O–H groups in total. The Morgan fingerprint density at radius 1 is 1.33 bits per heavy atom. The summed E-state index contributed by atoms with van der Waals surface area (Å²) < 4.78 is 11.0. The van der Waals surface area contributed by atoms with Crippen LogP contribution in [0.4, 0.5) is 5.69 Å². The molecular weight excluding hydrogens is 268 g/mol. The molecule has 0 saturated carbocycles. The average molecular weight is 292 g/mol. The highest BCUT2D eigenvalue weighted by atomic mass is 16.5. The predicted octanol–water partition coefficient (Wildman–Crippen LogP) is 2.13. The van der Waals surface area contributed by atoms with Crippen LogP contribution in [0.25, 0.3) is 0 Å². The van der Waals surface area contributed by atoms with Crippen LogP contribution in [0.5, 0.6) is 5.75 Å². The molecule has 1 saturated heterocycles. The van der Waals surface area contributed by atoms with Gasteiger partial charge in [-0.05, 0) is 26.0 Å². The fourth-order valence-corrected chi connectivity index (χ4v) is 2.24. The molecule has 5 nitrogen and oxygen atoms in total. The molecule has 1 aromatic carbocycles. The maximum Gasteiger partial charge on any atom is 0.224 e. The Labute approximate surface area is 126 Å². The zero-order valence-electron chi connectivity index (χ0n) is 12.8. The molecule has 0 spiro atoms. The second kappa shape index (κ2) is 7.88. The number of benzene rings is 1. The number of ether oxygens (including phenoxy) is 2. The zero-order chi connectivity index (χ0) is 15.1. The van der Waals surface area contributed by atoms with Crippen LogP contribution in [0.1, 0.15) is 20.3 Å². The molecule has 0 aliphatic carbocycles. The van der Waals surface area contributed by atoms with Gasteiger partial charge in [-0.3, -0.25) is 4.79 Å². The van der Waals surface area contributed by atoms with Gasteiger partial charge in [-0.15, -0.1) is 0 Å². The number of carbonyl (C=O) groups excluding carboxylic acids is 1. The summed E-state index contributed by atoms with van der Waals surface area (Å²) in [6, 6.07) is 7.81. The molecular formula is C16H24N2O3. The first-order chi connectivity index (χ1) is 10.2. The number of morpholine rings is 1. The smallest absolute Gasteiger partial charge is 0.224 e. The lowest BCUT2D eigenvalue weighted by Crippen LogP contribution is -2.41. The van der Waals surface area contributed by atoms with E-state index in [0.717, 1.165) is 11.4 Å². The van der Waals surface area contributed by atoms with Gasteiger partial charge in [0.05, 0.1) is 25.0 Å². The van der Waals surface area contributed by atoms with Crippen molar-refractivity contribution in [2.24, 2.45) is 0 Å². The largest absolute Gasteiger partial charge is 0.489 e. The lowest BCUT2D eigenvalue weighted by molar-refractivity contribution is -0.134. The van der Waals surface area contributed by atoms with E-state index in [1.54, 1.807) is 0 Å². The van der Waals surface area contributed by atoms with Gasteiger partial charge in [-0.25, -0.2) is 0 Å². The van der Waals surface area contributed by atoms with Crippen molar-refractivity contribution in [3.8, 4) is 5.75 Å². The van der Waals surface area contributed by atoms with Crippen LogP contribution in [-0.4, -0.2) is 49.8 Å². The second-order valence-corrected chi connectivity index (χ2v) is 5.33. The molecule has 1 amide bonds. The Morgan fingerprint density at radius 2 is 2.05 bits per heavy atom. The Hall–Kier alpha value is -1.75. The minimum Gasteiger partial charge on any atom is -0.489 e. The van der Waals surface area contributed by atoms with Gasteiger partial charge in [0.2, 0.25) is 5.91 Å². The van der Waals surface area contributed by atoms with E-state index in [-0.39, 0.29) is 12.0 Å². The molecule has 21 heavy (non-hydrogen) atoms. The van der Waals surface area contributed by atoms with Crippen LogP contribution >= 0.6 is 0 Å². The number of anilines is 1. The van der Waals surface area contributed by atoms with Crippen molar-refractivity contribution in [3.63, 3.8) is 0 Å². The van der Waals surface area contributed by atoms with Crippen LogP contribution in [0, 0.1) is 0 Å². The van der Waals surface area contributed by atoms with Crippen LogP contribution < -0.4 is 10.1 Å². The third-order valence-corrected chi connectivity index (χ3v) is 3.27. The van der Waals surface area contributed by atoms with Gasteiger partial charge in [-0.1, -0.05) is 12.1 Å². The van der Waals surface area contributed by atoms with Crippen molar-refractivity contribution in [3.05, 3.63) is 24.3 Å². The summed E-state index contributed by atoms with van der Waals surface area (Å²) >= 11 is 0. The van der Waals surface area contributed by atoms with E-state index in [9.17, 15) is 4.79 Å². The van der Waals surface area contributed by atoms with Crippen LogP contribution in [0.3, 0.4) is 0 Å². The van der Waals surface area contributed by atoms with Crippen LogP contribution in [-0.2, 0) is 9.53 Å². The zero-order valence-corrected chi connectivity index (χ0v) is 12.8. The molecule has 0 atom stereocenters. The standard InChI is InChI=1S/C16H24N2O3/c1-13(2)21-15-6-4-3-5-14(15)17-8-7-16(19)18-9-11-20-12-10-18/h3-6,13,17H,7-12H2,1-2H3. The summed E-state index contributed by atoms with van der Waals surface area (Å²) in [5, 5.41) is 3.28. The summed E-state index contributed by atoms with van der Waals surface area (Å²) in [4.78, 5) is 13.9. The van der Waals surface area contributed by atoms with Crippen molar-refractivity contribution in [2.45, 2.75) is 26.4 Å². The Morgan fingerprint density at radius 3 is 2.76 bits per heavy atom. The first-order valence-corrected chi connectivity index (χ1v) is 7.52. The van der Waals surface area contributed by atoms with Crippen molar-refractivity contribution in [1.29, 1.82) is 0 Å². The fourth-order valence-electron chi connectivity index (χ4n) is 2.24. The molecule has 1 aliphatic heterocycles. The first kappa shape index (κ1) is 15.6. The fraction of sp³-hybridized carbons (Fsp3) is 0.562. The third kappa shape index (κ3) is 4.93. The summed E-state index contributed by atoms with van der Waals surface area (Å²) in [7, 11) is 0. The Kier molecular flexibility index (Phi) is 5.87. The lowest BCUT2D eigenvalue weighted by atomic mass is 10.2. The van der Waals surface area contributed by atoms with Gasteiger partial charge in [0.25, 0.3) is 0 Å². The van der Waals surface area contributed by atoms with Gasteiger partial charge >= 0.3 is 0 Å². The molecule has 1 heterocycles. The minimum absolute atomic E-state index is 0.128. The number of amides is 1. The number of nitrogens with one attached hydrogen (secondary N) is 1. The highest BCUT2D eigenvalue weighted by Crippen LogP contribution is 2.24. The molecule has 1 fully saturated rings. The first-order valence-electron chi connectivity index (χ1n) is 7.52. The second-order valence-electron chi connectivity index (χ2n) is 5.33. The van der Waals surface area contributed by atoms with E-state index in [0.29, 0.717) is 39.3 Å². The lowest BCUT2D eigenvalue weighted by Gasteiger charge is -2.27. The normalized spacial score (nSPS) is 15.1. The number of para-hydroxylation sites is 2. The van der Waals surface area contributed by atoms with Crippen molar-refractivity contribution in [2.75, 3.05) is 38.2 Å². The quantitative estimate of drug-likeness (QED) is 0.872. The van der Waals surface area contributed by atoms with Gasteiger partial charge in [-0.2, -0.15) is 0 Å². The Balaban J connectivity index is 1.81. The van der Waals surface area contributed by atoms with Crippen LogP contribution in [0.15, 0.2) is 24.3 Å². The van der Waals surface area contributed by atoms with E-state index in [1.165, 1.54) is 0 Å². The molecule has 116 valence electrons. The molecule has 0 radical (unpaired) electrons.